The van der Waals surface area contributed by atoms with Gasteiger partial charge in [0, 0.05) is 5.41 Å². The number of hydrogen-bond donors (Lipinski definition) is 0. The van der Waals surface area contributed by atoms with Crippen LogP contribution in [-0.4, -0.2) is 5.78 Å². The van der Waals surface area contributed by atoms with Gasteiger partial charge < -0.3 is 0 Å². The number of hydrogen-bond acceptors (Lipinski definition) is 1. The monoisotopic (exact) mass is 312 g/mol. The second-order valence-corrected chi connectivity index (χ2v) is 9.51. The molecule has 0 aliphatic heterocycles. The largest absolute Gasteiger partial charge is 0.290 e. The van der Waals surface area contributed by atoms with E-state index in [0.29, 0.717) is 10.8 Å². The van der Waals surface area contributed by atoms with E-state index in [0.717, 1.165) is 24.2 Å². The average molecular weight is 312 g/mol. The van der Waals surface area contributed by atoms with Gasteiger partial charge in [0.25, 0.3) is 0 Å². The van der Waals surface area contributed by atoms with Gasteiger partial charge in [-0.2, -0.15) is 0 Å². The highest BCUT2D eigenvalue weighted by Crippen LogP contribution is 2.70. The molecule has 0 amide bonds. The second-order valence-electron chi connectivity index (χ2n) is 9.51. The van der Waals surface area contributed by atoms with Crippen LogP contribution in [0.3, 0.4) is 0 Å². The van der Waals surface area contributed by atoms with Crippen LogP contribution in [0.2, 0.25) is 0 Å². The van der Waals surface area contributed by atoms with Gasteiger partial charge in [0.2, 0.25) is 0 Å². The Morgan fingerprint density at radius 2 is 1.83 bits per heavy atom. The van der Waals surface area contributed by atoms with Crippen molar-refractivity contribution in [3.05, 3.63) is 23.8 Å². The minimum atomic E-state index is 0.156. The average Bonchev–Trinajstić information content (AvgIpc) is 2.80. The fraction of sp³-hybridized carbons (Fsp3) is 0.773. The standard InChI is InChI=1S/C22H32O/c1-5-20(2)11-9-19-17-7-6-15-14-16(23)8-12-21(15,3)18(17)10-13-22(19,20)4/h8,12,14,17-19H,5-7,9-11,13H2,1-4H3/t17?,18-,19-,20-,21-,22-/m0/s1. The van der Waals surface area contributed by atoms with Crippen molar-refractivity contribution in [3.8, 4) is 0 Å². The molecule has 0 aromatic rings. The van der Waals surface area contributed by atoms with E-state index in [1.165, 1.54) is 44.1 Å². The third kappa shape index (κ3) is 1.88. The number of ketones is 1. The summed E-state index contributed by atoms with van der Waals surface area (Å²) in [7, 11) is 0. The Bertz CT molecular complexity index is 599. The van der Waals surface area contributed by atoms with Crippen molar-refractivity contribution in [1.29, 1.82) is 0 Å². The fourth-order valence-electron chi connectivity index (χ4n) is 7.14. The van der Waals surface area contributed by atoms with Crippen molar-refractivity contribution < 1.29 is 4.79 Å². The molecule has 6 atom stereocenters. The molecule has 126 valence electrons. The molecule has 1 nitrogen and oxygen atoms in total. The molecule has 0 N–H and O–H groups in total. The molecule has 0 heterocycles. The van der Waals surface area contributed by atoms with Crippen LogP contribution in [0, 0.1) is 34.0 Å². The molecular weight excluding hydrogens is 280 g/mol. The van der Waals surface area contributed by atoms with Crippen molar-refractivity contribution in [1.82, 2.24) is 0 Å². The first kappa shape index (κ1) is 15.7. The van der Waals surface area contributed by atoms with Gasteiger partial charge in [-0.1, -0.05) is 45.8 Å². The Balaban J connectivity index is 1.70. The summed E-state index contributed by atoms with van der Waals surface area (Å²) in [6.07, 6.45) is 15.4. The molecule has 1 heteroatoms. The molecule has 0 radical (unpaired) electrons. The Labute approximate surface area is 141 Å². The quantitative estimate of drug-likeness (QED) is 0.606. The van der Waals surface area contributed by atoms with Crippen LogP contribution < -0.4 is 0 Å². The number of carbonyl (C=O) groups excluding carboxylic acids is 1. The van der Waals surface area contributed by atoms with Crippen molar-refractivity contribution in [2.24, 2.45) is 34.0 Å². The van der Waals surface area contributed by atoms with Gasteiger partial charge in [-0.05, 0) is 79.3 Å². The summed E-state index contributed by atoms with van der Waals surface area (Å²) in [6, 6.07) is 0. The first-order valence-electron chi connectivity index (χ1n) is 9.78. The maximum Gasteiger partial charge on any atom is 0.178 e. The molecule has 0 aromatic carbocycles. The van der Waals surface area contributed by atoms with Crippen molar-refractivity contribution >= 4 is 5.78 Å². The molecule has 0 aromatic heterocycles. The third-order valence-electron chi connectivity index (χ3n) is 9.11. The Kier molecular flexibility index (Phi) is 3.29. The van der Waals surface area contributed by atoms with Gasteiger partial charge in [-0.25, -0.2) is 0 Å². The minimum absolute atomic E-state index is 0.156. The van der Waals surface area contributed by atoms with Crippen LogP contribution in [0.1, 0.15) is 72.6 Å². The lowest BCUT2D eigenvalue weighted by atomic mass is 9.46. The maximum atomic E-state index is 11.8. The van der Waals surface area contributed by atoms with Crippen LogP contribution in [0.25, 0.3) is 0 Å². The number of allylic oxidation sites excluding steroid dienone is 4. The number of fused-ring (bicyclic) bond motifs is 5. The lowest BCUT2D eigenvalue weighted by molar-refractivity contribution is -0.111. The van der Waals surface area contributed by atoms with E-state index in [2.05, 4.69) is 33.8 Å². The second kappa shape index (κ2) is 4.83. The van der Waals surface area contributed by atoms with Gasteiger partial charge in [-0.15, -0.1) is 0 Å². The minimum Gasteiger partial charge on any atom is -0.290 e. The van der Waals surface area contributed by atoms with Crippen LogP contribution in [0.4, 0.5) is 0 Å². The predicted molar refractivity (Wildman–Crippen MR) is 95.0 cm³/mol. The molecule has 3 fully saturated rings. The lowest BCUT2D eigenvalue weighted by Crippen LogP contribution is -2.51. The maximum absolute atomic E-state index is 11.8. The normalized spacial score (nSPS) is 51.7. The number of rotatable bonds is 1. The smallest absolute Gasteiger partial charge is 0.178 e. The summed E-state index contributed by atoms with van der Waals surface area (Å²) >= 11 is 0. The summed E-state index contributed by atoms with van der Waals surface area (Å²) in [4.78, 5) is 11.8. The molecule has 4 rings (SSSR count). The molecule has 1 unspecified atom stereocenters. The Hall–Kier alpha value is -0.850. The van der Waals surface area contributed by atoms with Gasteiger partial charge in [0.15, 0.2) is 5.78 Å². The SMILES string of the molecule is CC[C@@]1(C)CC[C@H]2C3CCC4=CC(=O)C=C[C@]4(C)[C@H]3CC[C@@]21C. The van der Waals surface area contributed by atoms with E-state index in [1.54, 1.807) is 0 Å². The van der Waals surface area contributed by atoms with Crippen LogP contribution in [-0.2, 0) is 4.79 Å². The van der Waals surface area contributed by atoms with Gasteiger partial charge in [0.1, 0.15) is 0 Å². The van der Waals surface area contributed by atoms with E-state index in [1.807, 2.05) is 12.2 Å². The zero-order valence-electron chi connectivity index (χ0n) is 15.3. The Morgan fingerprint density at radius 1 is 1.09 bits per heavy atom. The van der Waals surface area contributed by atoms with Crippen molar-refractivity contribution in [2.45, 2.75) is 72.6 Å². The molecule has 23 heavy (non-hydrogen) atoms. The molecule has 4 aliphatic rings. The predicted octanol–water partition coefficient (Wildman–Crippen LogP) is 5.71. The highest BCUT2D eigenvalue weighted by Gasteiger charge is 2.61. The van der Waals surface area contributed by atoms with Gasteiger partial charge in [0.05, 0.1) is 0 Å². The first-order chi connectivity index (χ1) is 10.8. The third-order valence-corrected chi connectivity index (χ3v) is 9.11. The van der Waals surface area contributed by atoms with E-state index in [-0.39, 0.29) is 11.2 Å². The van der Waals surface area contributed by atoms with E-state index in [4.69, 9.17) is 0 Å². The van der Waals surface area contributed by atoms with E-state index < -0.39 is 0 Å². The van der Waals surface area contributed by atoms with Crippen LogP contribution >= 0.6 is 0 Å². The van der Waals surface area contributed by atoms with E-state index in [9.17, 15) is 4.79 Å². The molecule has 3 saturated carbocycles. The topological polar surface area (TPSA) is 17.1 Å². The van der Waals surface area contributed by atoms with Gasteiger partial charge in [-0.3, -0.25) is 4.79 Å². The van der Waals surface area contributed by atoms with E-state index >= 15 is 0 Å². The summed E-state index contributed by atoms with van der Waals surface area (Å²) in [6.45, 7) is 9.98. The highest BCUT2D eigenvalue weighted by molar-refractivity contribution is 6.01. The summed E-state index contributed by atoms with van der Waals surface area (Å²) in [5, 5.41) is 0. The molecule has 4 aliphatic carbocycles. The molecule has 0 saturated heterocycles. The zero-order valence-corrected chi connectivity index (χ0v) is 15.3. The molecular formula is C22H32O. The zero-order chi connectivity index (χ0) is 16.5. The van der Waals surface area contributed by atoms with Crippen LogP contribution in [0.5, 0.6) is 0 Å². The number of carbonyl (C=O) groups is 1. The molecule has 0 spiro atoms. The van der Waals surface area contributed by atoms with Gasteiger partial charge >= 0.3 is 0 Å². The van der Waals surface area contributed by atoms with Crippen molar-refractivity contribution in [2.75, 3.05) is 0 Å². The summed E-state index contributed by atoms with van der Waals surface area (Å²) in [5.74, 6) is 2.72. The Morgan fingerprint density at radius 3 is 2.57 bits per heavy atom. The van der Waals surface area contributed by atoms with Crippen LogP contribution in [0.15, 0.2) is 23.8 Å². The molecule has 0 bridgehead atoms. The lowest BCUT2D eigenvalue weighted by Gasteiger charge is -2.58. The summed E-state index contributed by atoms with van der Waals surface area (Å²) < 4.78 is 0. The highest BCUT2D eigenvalue weighted by atomic mass is 16.1. The fourth-order valence-corrected chi connectivity index (χ4v) is 7.14. The first-order valence-corrected chi connectivity index (χ1v) is 9.78. The summed E-state index contributed by atoms with van der Waals surface area (Å²) in [5.41, 5.74) is 2.65. The van der Waals surface area contributed by atoms with Crippen molar-refractivity contribution in [3.63, 3.8) is 0 Å².